The van der Waals surface area contributed by atoms with Gasteiger partial charge in [0.15, 0.2) is 5.16 Å². The molecule has 0 radical (unpaired) electrons. The molecule has 1 amide bonds. The Hall–Kier alpha value is -2.02. The Balaban J connectivity index is 1.41. The van der Waals surface area contributed by atoms with Crippen molar-refractivity contribution in [3.05, 3.63) is 35.7 Å². The van der Waals surface area contributed by atoms with Gasteiger partial charge < -0.3 is 14.6 Å². The fourth-order valence-electron chi connectivity index (χ4n) is 3.12. The minimum atomic E-state index is -0.232. The van der Waals surface area contributed by atoms with Gasteiger partial charge in [0.2, 0.25) is 5.91 Å². The molecule has 0 spiro atoms. The monoisotopic (exact) mass is 358 g/mol. The van der Waals surface area contributed by atoms with Crippen molar-refractivity contribution in [3.8, 4) is 5.75 Å². The van der Waals surface area contributed by atoms with E-state index in [0.29, 0.717) is 12.5 Å². The zero-order chi connectivity index (χ0) is 17.4. The maximum atomic E-state index is 12.7. The van der Waals surface area contributed by atoms with E-state index < -0.39 is 0 Å². The van der Waals surface area contributed by atoms with Crippen molar-refractivity contribution < 1.29 is 9.53 Å². The van der Waals surface area contributed by atoms with Crippen LogP contribution in [-0.2, 0) is 11.8 Å². The summed E-state index contributed by atoms with van der Waals surface area (Å²) in [4.78, 5) is 12.7. The predicted molar refractivity (Wildman–Crippen MR) is 95.7 cm³/mol. The molecule has 1 aromatic carbocycles. The van der Waals surface area contributed by atoms with Gasteiger partial charge in [0.25, 0.3) is 0 Å². The molecule has 1 aromatic heterocycles. The van der Waals surface area contributed by atoms with Crippen LogP contribution in [0.15, 0.2) is 29.4 Å². The molecule has 2 aromatic rings. The fraction of sp³-hybridized carbons (Fsp3) is 0.500. The minimum Gasteiger partial charge on any atom is -0.493 e. The predicted octanol–water partition coefficient (Wildman–Crippen LogP) is 2.81. The van der Waals surface area contributed by atoms with Crippen molar-refractivity contribution >= 4 is 17.7 Å². The van der Waals surface area contributed by atoms with Crippen LogP contribution in [0.4, 0.5) is 0 Å². The minimum absolute atomic E-state index is 0.00187. The Kier molecular flexibility index (Phi) is 4.41. The Morgan fingerprint density at radius 1 is 1.32 bits per heavy atom. The summed E-state index contributed by atoms with van der Waals surface area (Å²) in [5.74, 6) is 2.47. The van der Waals surface area contributed by atoms with Crippen LogP contribution in [-0.4, -0.2) is 32.5 Å². The number of hydrogen-bond donors (Lipinski definition) is 1. The first-order valence-corrected chi connectivity index (χ1v) is 9.59. The summed E-state index contributed by atoms with van der Waals surface area (Å²) < 4.78 is 7.68. The number of rotatable bonds is 5. The molecule has 2 aliphatic rings. The summed E-state index contributed by atoms with van der Waals surface area (Å²) in [6, 6.07) is 7.89. The van der Waals surface area contributed by atoms with Gasteiger partial charge in [-0.3, -0.25) is 4.79 Å². The van der Waals surface area contributed by atoms with Crippen molar-refractivity contribution in [1.82, 2.24) is 20.1 Å². The zero-order valence-electron chi connectivity index (χ0n) is 14.4. The van der Waals surface area contributed by atoms with E-state index in [1.54, 1.807) is 0 Å². The Morgan fingerprint density at radius 3 is 2.92 bits per heavy atom. The molecule has 2 atom stereocenters. The Labute approximate surface area is 151 Å². The third-order valence-corrected chi connectivity index (χ3v) is 5.87. The van der Waals surface area contributed by atoms with Crippen LogP contribution in [0.1, 0.15) is 49.5 Å². The number of aromatic nitrogens is 3. The first-order chi connectivity index (χ1) is 12.1. The number of para-hydroxylation sites is 1. The van der Waals surface area contributed by atoms with Crippen LogP contribution in [0, 0.1) is 0 Å². The molecule has 4 rings (SSSR count). The number of hydrogen-bond acceptors (Lipinski definition) is 5. The van der Waals surface area contributed by atoms with Crippen LogP contribution in [0.25, 0.3) is 0 Å². The first-order valence-electron chi connectivity index (χ1n) is 8.71. The molecular weight excluding hydrogens is 336 g/mol. The normalized spacial score (nSPS) is 20.5. The second-order valence-electron chi connectivity index (χ2n) is 6.67. The van der Waals surface area contributed by atoms with E-state index in [0.717, 1.165) is 28.7 Å². The molecule has 2 heterocycles. The van der Waals surface area contributed by atoms with E-state index in [2.05, 4.69) is 15.5 Å². The topological polar surface area (TPSA) is 69.0 Å². The largest absolute Gasteiger partial charge is 0.493 e. The van der Waals surface area contributed by atoms with Gasteiger partial charge in [-0.25, -0.2) is 0 Å². The van der Waals surface area contributed by atoms with Crippen LogP contribution in [0.3, 0.4) is 0 Å². The van der Waals surface area contributed by atoms with Crippen LogP contribution in [0.5, 0.6) is 5.75 Å². The van der Waals surface area contributed by atoms with Crippen molar-refractivity contribution in [3.63, 3.8) is 0 Å². The summed E-state index contributed by atoms with van der Waals surface area (Å²) in [7, 11) is 1.98. The van der Waals surface area contributed by atoms with E-state index in [4.69, 9.17) is 4.74 Å². The molecule has 1 N–H and O–H groups in total. The summed E-state index contributed by atoms with van der Waals surface area (Å²) in [6.07, 6.45) is 3.17. The smallest absolute Gasteiger partial charge is 0.233 e. The van der Waals surface area contributed by atoms with Gasteiger partial charge in [-0.2, -0.15) is 0 Å². The van der Waals surface area contributed by atoms with Crippen LogP contribution < -0.4 is 10.1 Å². The van der Waals surface area contributed by atoms with Gasteiger partial charge in [0, 0.05) is 24.9 Å². The van der Waals surface area contributed by atoms with E-state index >= 15 is 0 Å². The lowest BCUT2D eigenvalue weighted by Crippen LogP contribution is -2.36. The zero-order valence-corrected chi connectivity index (χ0v) is 15.3. The lowest BCUT2D eigenvalue weighted by molar-refractivity contribution is -0.121. The van der Waals surface area contributed by atoms with Crippen LogP contribution in [0.2, 0.25) is 0 Å². The SMILES string of the molecule is C[C@@H](Sc1nnc(C2CC2)n1C)C(=O)N[C@H]1CCOc2ccccc21. The Bertz CT molecular complexity index is 787. The molecule has 1 saturated carbocycles. The fourth-order valence-corrected chi connectivity index (χ4v) is 3.95. The molecule has 1 fully saturated rings. The number of nitrogens with zero attached hydrogens (tertiary/aromatic N) is 3. The van der Waals surface area contributed by atoms with E-state index in [1.165, 1.54) is 24.6 Å². The van der Waals surface area contributed by atoms with E-state index in [1.807, 2.05) is 42.8 Å². The maximum absolute atomic E-state index is 12.7. The summed E-state index contributed by atoms with van der Waals surface area (Å²) in [5.41, 5.74) is 1.05. The van der Waals surface area contributed by atoms with Crippen molar-refractivity contribution in [2.24, 2.45) is 7.05 Å². The van der Waals surface area contributed by atoms with Crippen molar-refractivity contribution in [1.29, 1.82) is 0 Å². The molecular formula is C18H22N4O2S. The first kappa shape index (κ1) is 16.4. The number of fused-ring (bicyclic) bond motifs is 1. The standard InChI is InChI=1S/C18H22N4O2S/c1-11(25-18-21-20-16(22(18)2)12-7-8-12)17(23)19-14-9-10-24-15-6-4-3-5-13(14)15/h3-6,11-12,14H,7-10H2,1-2H3,(H,19,23)/t11-,14+/m1/s1. The number of carbonyl (C=O) groups excluding carboxylic acids is 1. The number of carbonyl (C=O) groups is 1. The molecule has 0 bridgehead atoms. The highest BCUT2D eigenvalue weighted by atomic mass is 32.2. The quantitative estimate of drug-likeness (QED) is 0.833. The van der Waals surface area contributed by atoms with E-state index in [-0.39, 0.29) is 17.2 Å². The van der Waals surface area contributed by atoms with Gasteiger partial charge in [0.1, 0.15) is 11.6 Å². The molecule has 1 aliphatic carbocycles. The lowest BCUT2D eigenvalue weighted by atomic mass is 10.0. The van der Waals surface area contributed by atoms with Gasteiger partial charge in [-0.1, -0.05) is 30.0 Å². The summed E-state index contributed by atoms with van der Waals surface area (Å²) in [5, 5.41) is 12.3. The number of ether oxygens (including phenoxy) is 1. The second kappa shape index (κ2) is 6.71. The molecule has 0 unspecified atom stereocenters. The average Bonchev–Trinajstić information content (AvgIpc) is 3.40. The second-order valence-corrected chi connectivity index (χ2v) is 7.98. The Morgan fingerprint density at radius 2 is 2.12 bits per heavy atom. The van der Waals surface area contributed by atoms with Gasteiger partial charge in [0.05, 0.1) is 17.9 Å². The third kappa shape index (κ3) is 3.38. The van der Waals surface area contributed by atoms with E-state index in [9.17, 15) is 4.79 Å². The van der Waals surface area contributed by atoms with Crippen molar-refractivity contribution in [2.75, 3.05) is 6.61 Å². The lowest BCUT2D eigenvalue weighted by Gasteiger charge is -2.27. The molecule has 0 saturated heterocycles. The van der Waals surface area contributed by atoms with Crippen LogP contribution >= 0.6 is 11.8 Å². The number of thioether (sulfide) groups is 1. The number of amides is 1. The highest BCUT2D eigenvalue weighted by Gasteiger charge is 2.30. The van der Waals surface area contributed by atoms with Gasteiger partial charge in [-0.15, -0.1) is 10.2 Å². The maximum Gasteiger partial charge on any atom is 0.233 e. The third-order valence-electron chi connectivity index (χ3n) is 4.74. The molecule has 6 nitrogen and oxygen atoms in total. The van der Waals surface area contributed by atoms with Crippen molar-refractivity contribution in [2.45, 2.75) is 48.6 Å². The van der Waals surface area contributed by atoms with Gasteiger partial charge >= 0.3 is 0 Å². The number of benzene rings is 1. The molecule has 1 aliphatic heterocycles. The molecule has 7 heteroatoms. The molecule has 25 heavy (non-hydrogen) atoms. The molecule has 132 valence electrons. The number of nitrogens with one attached hydrogen (secondary N) is 1. The average molecular weight is 358 g/mol. The van der Waals surface area contributed by atoms with Gasteiger partial charge in [-0.05, 0) is 25.8 Å². The highest BCUT2D eigenvalue weighted by molar-refractivity contribution is 8.00. The summed E-state index contributed by atoms with van der Waals surface area (Å²) >= 11 is 1.46. The highest BCUT2D eigenvalue weighted by Crippen LogP contribution is 2.40. The summed E-state index contributed by atoms with van der Waals surface area (Å²) in [6.45, 7) is 2.54.